The van der Waals surface area contributed by atoms with Gasteiger partial charge in [0.25, 0.3) is 0 Å². The van der Waals surface area contributed by atoms with Crippen molar-refractivity contribution < 1.29 is 0 Å². The van der Waals surface area contributed by atoms with Gasteiger partial charge in [-0.3, -0.25) is 0 Å². The molecule has 2 aromatic heterocycles. The largest absolute Gasteiger partial charge is 0.311 e. The van der Waals surface area contributed by atoms with Crippen LogP contribution in [0.3, 0.4) is 0 Å². The molecule has 0 amide bonds. The molecule has 0 aromatic carbocycles. The molecule has 16 heavy (non-hydrogen) atoms. The van der Waals surface area contributed by atoms with Crippen LogP contribution in [-0.4, -0.2) is 11.5 Å². The van der Waals surface area contributed by atoms with Gasteiger partial charge in [-0.25, -0.2) is 4.98 Å². The minimum atomic E-state index is 0.917. The molecule has 0 radical (unpaired) electrons. The molecule has 2 nitrogen and oxygen atoms in total. The average molecular weight is 382 g/mol. The average Bonchev–Trinajstić information content (AvgIpc) is 2.85. The normalized spacial score (nSPS) is 10.9. The van der Waals surface area contributed by atoms with E-state index in [9.17, 15) is 0 Å². The van der Waals surface area contributed by atoms with Crippen LogP contribution in [0.5, 0.6) is 0 Å². The zero-order chi connectivity index (χ0) is 11.4. The van der Waals surface area contributed by atoms with Crippen molar-refractivity contribution in [2.24, 2.45) is 0 Å². The van der Waals surface area contributed by atoms with Crippen molar-refractivity contribution >= 4 is 54.5 Å². The summed E-state index contributed by atoms with van der Waals surface area (Å²) in [5, 5.41) is 6.63. The molecule has 0 spiro atoms. The summed E-state index contributed by atoms with van der Waals surface area (Å²) in [6.45, 7) is 1.89. The lowest BCUT2D eigenvalue weighted by Crippen LogP contribution is -2.15. The monoisotopic (exact) mass is 380 g/mol. The molecule has 0 aliphatic heterocycles. The first-order chi connectivity index (χ1) is 7.75. The zero-order valence-corrected chi connectivity index (χ0v) is 13.2. The van der Waals surface area contributed by atoms with E-state index in [2.05, 4.69) is 48.2 Å². The van der Waals surface area contributed by atoms with Crippen molar-refractivity contribution in [3.8, 4) is 0 Å². The standard InChI is InChI=1S/C10H10Br2N2S2/c11-8-5-7(16-10(8)12)6-13-2-1-9-14-3-4-15-9/h3-5,13H,1-2,6H2. The molecule has 2 heterocycles. The first kappa shape index (κ1) is 12.7. The Morgan fingerprint density at radius 3 is 2.88 bits per heavy atom. The van der Waals surface area contributed by atoms with Crippen LogP contribution < -0.4 is 5.32 Å². The maximum absolute atomic E-state index is 4.25. The van der Waals surface area contributed by atoms with Crippen LogP contribution >= 0.6 is 54.5 Å². The fraction of sp³-hybridized carbons (Fsp3) is 0.300. The highest BCUT2D eigenvalue weighted by Gasteiger charge is 2.03. The molecule has 0 saturated carbocycles. The molecule has 2 aromatic rings. The van der Waals surface area contributed by atoms with Crippen LogP contribution in [0.25, 0.3) is 0 Å². The maximum Gasteiger partial charge on any atom is 0.0937 e. The van der Waals surface area contributed by atoms with E-state index in [4.69, 9.17) is 0 Å². The van der Waals surface area contributed by atoms with Gasteiger partial charge in [0.1, 0.15) is 0 Å². The molecule has 0 unspecified atom stereocenters. The topological polar surface area (TPSA) is 24.9 Å². The number of rotatable bonds is 5. The van der Waals surface area contributed by atoms with Crippen molar-refractivity contribution in [3.63, 3.8) is 0 Å². The molecule has 0 saturated heterocycles. The van der Waals surface area contributed by atoms with Gasteiger partial charge in [-0.2, -0.15) is 0 Å². The molecular formula is C10H10Br2N2S2. The predicted octanol–water partition coefficient (Wildman–Crippen LogP) is 4.06. The lowest BCUT2D eigenvalue weighted by Gasteiger charge is -2.00. The molecule has 86 valence electrons. The van der Waals surface area contributed by atoms with Gasteiger partial charge in [0, 0.05) is 40.4 Å². The SMILES string of the molecule is Brc1cc(CNCCc2nccs2)sc1Br. The number of thiophene rings is 1. The highest BCUT2D eigenvalue weighted by molar-refractivity contribution is 9.13. The van der Waals surface area contributed by atoms with Crippen LogP contribution in [0.15, 0.2) is 25.9 Å². The Balaban J connectivity index is 1.72. The summed E-state index contributed by atoms with van der Waals surface area (Å²) in [5.74, 6) is 0. The van der Waals surface area contributed by atoms with E-state index in [1.54, 1.807) is 22.7 Å². The number of nitrogens with zero attached hydrogens (tertiary/aromatic N) is 1. The smallest absolute Gasteiger partial charge is 0.0937 e. The van der Waals surface area contributed by atoms with Gasteiger partial charge in [-0.05, 0) is 37.9 Å². The van der Waals surface area contributed by atoms with Crippen LogP contribution in [0.2, 0.25) is 0 Å². The summed E-state index contributed by atoms with van der Waals surface area (Å²) in [4.78, 5) is 5.58. The van der Waals surface area contributed by atoms with E-state index >= 15 is 0 Å². The van der Waals surface area contributed by atoms with Crippen molar-refractivity contribution in [1.82, 2.24) is 10.3 Å². The second kappa shape index (κ2) is 6.26. The number of hydrogen-bond acceptors (Lipinski definition) is 4. The second-order valence-corrected chi connectivity index (χ2v) is 7.48. The summed E-state index contributed by atoms with van der Waals surface area (Å²) in [6, 6.07) is 2.14. The van der Waals surface area contributed by atoms with E-state index in [1.807, 2.05) is 11.6 Å². The Morgan fingerprint density at radius 2 is 2.25 bits per heavy atom. The van der Waals surface area contributed by atoms with Gasteiger partial charge in [-0.1, -0.05) is 0 Å². The van der Waals surface area contributed by atoms with Crippen LogP contribution in [0, 0.1) is 0 Å². The summed E-state index contributed by atoms with van der Waals surface area (Å²) < 4.78 is 2.29. The number of aromatic nitrogens is 1. The Kier molecular flexibility index (Phi) is 4.97. The van der Waals surface area contributed by atoms with E-state index < -0.39 is 0 Å². The predicted molar refractivity (Wildman–Crippen MR) is 77.2 cm³/mol. The summed E-state index contributed by atoms with van der Waals surface area (Å²) >= 11 is 10.4. The zero-order valence-electron chi connectivity index (χ0n) is 8.37. The second-order valence-electron chi connectivity index (χ2n) is 3.19. The lowest BCUT2D eigenvalue weighted by atomic mass is 10.4. The highest BCUT2D eigenvalue weighted by atomic mass is 79.9. The third-order valence-electron chi connectivity index (χ3n) is 1.99. The first-order valence-corrected chi connectivity index (χ1v) is 8.06. The quantitative estimate of drug-likeness (QED) is 0.790. The van der Waals surface area contributed by atoms with Gasteiger partial charge in [-0.15, -0.1) is 22.7 Å². The third kappa shape index (κ3) is 3.63. The van der Waals surface area contributed by atoms with Gasteiger partial charge in [0.2, 0.25) is 0 Å². The molecule has 6 heteroatoms. The Labute approximate surface area is 119 Å². The fourth-order valence-electron chi connectivity index (χ4n) is 1.26. The minimum Gasteiger partial charge on any atom is -0.311 e. The number of halogens is 2. The third-order valence-corrected chi connectivity index (χ3v) is 6.09. The molecule has 0 aliphatic rings. The Hall–Kier alpha value is 0.250. The van der Waals surface area contributed by atoms with Crippen molar-refractivity contribution in [1.29, 1.82) is 0 Å². The molecule has 0 bridgehead atoms. The number of nitrogens with one attached hydrogen (secondary N) is 1. The Bertz CT molecular complexity index is 420. The summed E-state index contributed by atoms with van der Waals surface area (Å²) in [7, 11) is 0. The first-order valence-electron chi connectivity index (χ1n) is 4.78. The lowest BCUT2D eigenvalue weighted by molar-refractivity contribution is 0.691. The molecule has 0 fully saturated rings. The van der Waals surface area contributed by atoms with Crippen LogP contribution in [-0.2, 0) is 13.0 Å². The van der Waals surface area contributed by atoms with Crippen molar-refractivity contribution in [3.05, 3.63) is 35.8 Å². The molecule has 0 aliphatic carbocycles. The van der Waals surface area contributed by atoms with Crippen molar-refractivity contribution in [2.45, 2.75) is 13.0 Å². The number of thiazole rings is 1. The fourth-order valence-corrected chi connectivity index (χ4v) is 4.03. The molecule has 0 atom stereocenters. The van der Waals surface area contributed by atoms with Crippen LogP contribution in [0.1, 0.15) is 9.88 Å². The van der Waals surface area contributed by atoms with Gasteiger partial charge in [0.05, 0.1) is 8.79 Å². The van der Waals surface area contributed by atoms with Crippen LogP contribution in [0.4, 0.5) is 0 Å². The van der Waals surface area contributed by atoms with E-state index in [0.717, 1.165) is 27.8 Å². The van der Waals surface area contributed by atoms with E-state index in [1.165, 1.54) is 9.88 Å². The van der Waals surface area contributed by atoms with Gasteiger partial charge >= 0.3 is 0 Å². The van der Waals surface area contributed by atoms with E-state index in [0.29, 0.717) is 0 Å². The van der Waals surface area contributed by atoms with Gasteiger partial charge < -0.3 is 5.32 Å². The van der Waals surface area contributed by atoms with E-state index in [-0.39, 0.29) is 0 Å². The molecular weight excluding hydrogens is 372 g/mol. The van der Waals surface area contributed by atoms with Crippen molar-refractivity contribution in [2.75, 3.05) is 6.54 Å². The maximum atomic E-state index is 4.25. The Morgan fingerprint density at radius 1 is 1.38 bits per heavy atom. The highest BCUT2D eigenvalue weighted by Crippen LogP contribution is 2.32. The van der Waals surface area contributed by atoms with Gasteiger partial charge in [0.15, 0.2) is 0 Å². The molecule has 2 rings (SSSR count). The minimum absolute atomic E-state index is 0.917. The summed E-state index contributed by atoms with van der Waals surface area (Å²) in [6.07, 6.45) is 2.86. The number of hydrogen-bond donors (Lipinski definition) is 1. The molecule has 1 N–H and O–H groups in total. The summed E-state index contributed by atoms with van der Waals surface area (Å²) in [5.41, 5.74) is 0.